The van der Waals surface area contributed by atoms with E-state index in [1.807, 2.05) is 0 Å². The average Bonchev–Trinajstić information content (AvgIpc) is 2.27. The highest BCUT2D eigenvalue weighted by atomic mass is 19.1. The summed E-state index contributed by atoms with van der Waals surface area (Å²) in [6.07, 6.45) is -0.679. The van der Waals surface area contributed by atoms with Gasteiger partial charge in [0.2, 0.25) is 0 Å². The van der Waals surface area contributed by atoms with Crippen molar-refractivity contribution in [3.8, 4) is 0 Å². The lowest BCUT2D eigenvalue weighted by molar-refractivity contribution is 0.0692. The molecule has 0 heterocycles. The summed E-state index contributed by atoms with van der Waals surface area (Å²) in [6, 6.07) is 2.77. The van der Waals surface area contributed by atoms with E-state index < -0.39 is 29.5 Å². The maximum atomic E-state index is 13.4. The molecule has 0 saturated carbocycles. The first-order chi connectivity index (χ1) is 8.81. The number of nitrogens with one attached hydrogen (secondary N) is 1. The van der Waals surface area contributed by atoms with Crippen LogP contribution in [0, 0.1) is 5.82 Å². The van der Waals surface area contributed by atoms with Gasteiger partial charge >= 0.3 is 12.0 Å². The Balaban J connectivity index is 2.75. The average molecular weight is 270 g/mol. The van der Waals surface area contributed by atoms with Crippen LogP contribution in [0.2, 0.25) is 0 Å². The van der Waals surface area contributed by atoms with Crippen LogP contribution in [0.1, 0.15) is 17.3 Å². The van der Waals surface area contributed by atoms with Gasteiger partial charge in [-0.25, -0.2) is 14.0 Å². The zero-order valence-electron chi connectivity index (χ0n) is 10.6. The summed E-state index contributed by atoms with van der Waals surface area (Å²) in [5.74, 6) is -2.30. The number of carboxylic acids is 1. The molecule has 0 aliphatic heterocycles. The van der Waals surface area contributed by atoms with Crippen LogP contribution in [0.15, 0.2) is 18.2 Å². The number of likely N-dealkylation sites (N-methyl/N-ethyl adjacent to an activating group) is 1. The topological polar surface area (TPSA) is 89.9 Å². The van der Waals surface area contributed by atoms with Crippen molar-refractivity contribution < 1.29 is 24.2 Å². The zero-order valence-corrected chi connectivity index (χ0v) is 10.6. The van der Waals surface area contributed by atoms with Gasteiger partial charge < -0.3 is 20.4 Å². The van der Waals surface area contributed by atoms with Crippen LogP contribution < -0.4 is 5.32 Å². The molecule has 0 aliphatic rings. The van der Waals surface area contributed by atoms with E-state index in [-0.39, 0.29) is 12.2 Å². The quantitative estimate of drug-likeness (QED) is 0.770. The van der Waals surface area contributed by atoms with Crippen molar-refractivity contribution in [1.82, 2.24) is 4.90 Å². The molecule has 104 valence electrons. The Bertz CT molecular complexity index is 491. The van der Waals surface area contributed by atoms with E-state index in [4.69, 9.17) is 10.2 Å². The van der Waals surface area contributed by atoms with E-state index in [9.17, 15) is 14.0 Å². The van der Waals surface area contributed by atoms with Crippen molar-refractivity contribution >= 4 is 17.7 Å². The molecule has 0 aromatic heterocycles. The van der Waals surface area contributed by atoms with Crippen molar-refractivity contribution in [2.75, 3.05) is 18.9 Å². The largest absolute Gasteiger partial charge is 0.478 e. The summed E-state index contributed by atoms with van der Waals surface area (Å²) >= 11 is 0. The van der Waals surface area contributed by atoms with Crippen molar-refractivity contribution in [3.05, 3.63) is 29.6 Å². The molecule has 0 fully saturated rings. The van der Waals surface area contributed by atoms with Crippen LogP contribution >= 0.6 is 0 Å². The first-order valence-corrected chi connectivity index (χ1v) is 5.54. The third kappa shape index (κ3) is 4.22. The molecule has 1 unspecified atom stereocenters. The number of urea groups is 1. The van der Waals surface area contributed by atoms with Crippen LogP contribution in [0.25, 0.3) is 0 Å². The van der Waals surface area contributed by atoms with Crippen molar-refractivity contribution in [1.29, 1.82) is 0 Å². The number of carboxylic acid groups (broad SMARTS) is 1. The van der Waals surface area contributed by atoms with Gasteiger partial charge in [0.1, 0.15) is 5.82 Å². The molecule has 3 N–H and O–H groups in total. The molecule has 0 radical (unpaired) electrons. The number of hydrogen-bond donors (Lipinski definition) is 3. The number of rotatable bonds is 4. The van der Waals surface area contributed by atoms with Crippen molar-refractivity contribution in [2.24, 2.45) is 0 Å². The van der Waals surface area contributed by atoms with Crippen LogP contribution in [-0.4, -0.2) is 46.8 Å². The summed E-state index contributed by atoms with van der Waals surface area (Å²) in [6.45, 7) is 1.66. The second-order valence-electron chi connectivity index (χ2n) is 4.16. The predicted molar refractivity (Wildman–Crippen MR) is 66.7 cm³/mol. The number of hydrogen-bond acceptors (Lipinski definition) is 3. The number of aliphatic hydroxyl groups excluding tert-OH is 1. The minimum Gasteiger partial charge on any atom is -0.478 e. The van der Waals surface area contributed by atoms with Crippen LogP contribution in [0.5, 0.6) is 0 Å². The molecule has 1 atom stereocenters. The van der Waals surface area contributed by atoms with Gasteiger partial charge in [0, 0.05) is 19.3 Å². The Kier molecular flexibility index (Phi) is 4.82. The number of benzene rings is 1. The maximum Gasteiger partial charge on any atom is 0.338 e. The summed E-state index contributed by atoms with van der Waals surface area (Å²) in [5.41, 5.74) is -0.319. The summed E-state index contributed by atoms with van der Waals surface area (Å²) in [5, 5.41) is 20.2. The molecule has 0 saturated heterocycles. The summed E-state index contributed by atoms with van der Waals surface area (Å²) < 4.78 is 13.4. The molecular weight excluding hydrogens is 255 g/mol. The van der Waals surface area contributed by atoms with Crippen molar-refractivity contribution in [3.63, 3.8) is 0 Å². The minimum absolute atomic E-state index is 0.127. The van der Waals surface area contributed by atoms with Gasteiger partial charge in [-0.3, -0.25) is 0 Å². The van der Waals surface area contributed by atoms with Crippen molar-refractivity contribution in [2.45, 2.75) is 13.0 Å². The Hall–Kier alpha value is -2.15. The SMILES string of the molecule is CC(O)CN(C)C(=O)Nc1ccc(C(=O)O)c(F)c1. The third-order valence-electron chi connectivity index (χ3n) is 2.34. The number of nitrogens with zero attached hydrogens (tertiary/aromatic N) is 1. The van der Waals surface area contributed by atoms with E-state index in [0.717, 1.165) is 12.1 Å². The molecule has 0 aliphatic carbocycles. The molecule has 1 rings (SSSR count). The Morgan fingerprint density at radius 2 is 2.11 bits per heavy atom. The highest BCUT2D eigenvalue weighted by molar-refractivity contribution is 5.91. The Morgan fingerprint density at radius 1 is 1.47 bits per heavy atom. The number of carbonyl (C=O) groups excluding carboxylic acids is 1. The molecule has 1 aromatic carbocycles. The van der Waals surface area contributed by atoms with Gasteiger partial charge in [-0.05, 0) is 25.1 Å². The number of aromatic carboxylic acids is 1. The molecular formula is C12H15FN2O4. The van der Waals surface area contributed by atoms with Gasteiger partial charge in [-0.2, -0.15) is 0 Å². The first-order valence-electron chi connectivity index (χ1n) is 5.54. The van der Waals surface area contributed by atoms with Crippen LogP contribution in [0.4, 0.5) is 14.9 Å². The van der Waals surface area contributed by atoms with Crippen LogP contribution in [-0.2, 0) is 0 Å². The second kappa shape index (κ2) is 6.14. The molecule has 0 bridgehead atoms. The zero-order chi connectivity index (χ0) is 14.6. The van der Waals surface area contributed by atoms with Gasteiger partial charge in [-0.15, -0.1) is 0 Å². The summed E-state index contributed by atoms with van der Waals surface area (Å²) in [7, 11) is 1.48. The molecule has 0 spiro atoms. The number of aliphatic hydroxyl groups is 1. The van der Waals surface area contributed by atoms with Gasteiger partial charge in [0.25, 0.3) is 0 Å². The highest BCUT2D eigenvalue weighted by Crippen LogP contribution is 2.15. The van der Waals surface area contributed by atoms with Gasteiger partial charge in [-0.1, -0.05) is 0 Å². The lowest BCUT2D eigenvalue weighted by Crippen LogP contribution is -2.36. The molecule has 6 nitrogen and oxygen atoms in total. The summed E-state index contributed by atoms with van der Waals surface area (Å²) in [4.78, 5) is 23.5. The second-order valence-corrected chi connectivity index (χ2v) is 4.16. The fourth-order valence-corrected chi connectivity index (χ4v) is 1.46. The molecule has 2 amide bonds. The first kappa shape index (κ1) is 14.9. The normalized spacial score (nSPS) is 11.8. The standard InChI is InChI=1S/C12H15FN2O4/c1-7(16)6-15(2)12(19)14-8-3-4-9(11(17)18)10(13)5-8/h3-5,7,16H,6H2,1-2H3,(H,14,19)(H,17,18). The van der Waals surface area contributed by atoms with E-state index in [2.05, 4.69) is 5.32 Å². The molecule has 19 heavy (non-hydrogen) atoms. The lowest BCUT2D eigenvalue weighted by atomic mass is 10.2. The van der Waals surface area contributed by atoms with Gasteiger partial charge in [0.15, 0.2) is 0 Å². The van der Waals surface area contributed by atoms with E-state index in [1.54, 1.807) is 0 Å². The monoisotopic (exact) mass is 270 g/mol. The van der Waals surface area contributed by atoms with Crippen LogP contribution in [0.3, 0.4) is 0 Å². The third-order valence-corrected chi connectivity index (χ3v) is 2.34. The predicted octanol–water partition coefficient (Wildman–Crippen LogP) is 1.37. The van der Waals surface area contributed by atoms with E-state index in [0.29, 0.717) is 0 Å². The fraction of sp³-hybridized carbons (Fsp3) is 0.333. The van der Waals surface area contributed by atoms with Gasteiger partial charge in [0.05, 0.1) is 11.7 Å². The highest BCUT2D eigenvalue weighted by Gasteiger charge is 2.14. The number of anilines is 1. The Morgan fingerprint density at radius 3 is 2.58 bits per heavy atom. The van der Waals surface area contributed by atoms with E-state index in [1.165, 1.54) is 24.9 Å². The molecule has 7 heteroatoms. The maximum absolute atomic E-state index is 13.4. The van der Waals surface area contributed by atoms with E-state index >= 15 is 0 Å². The number of halogens is 1. The smallest absolute Gasteiger partial charge is 0.338 e. The molecule has 1 aromatic rings. The number of carbonyl (C=O) groups is 2. The Labute approximate surface area is 109 Å². The number of amides is 2. The lowest BCUT2D eigenvalue weighted by Gasteiger charge is -2.19. The minimum atomic E-state index is -1.37. The fourth-order valence-electron chi connectivity index (χ4n) is 1.46.